The summed E-state index contributed by atoms with van der Waals surface area (Å²) in [5, 5.41) is 11.9. The number of aliphatic carboxylic acids is 1. The molecule has 0 aliphatic rings. The second kappa shape index (κ2) is 7.44. The minimum atomic E-state index is -0.776. The number of carbonyl (C=O) groups is 1. The lowest BCUT2D eigenvalue weighted by Gasteiger charge is -2.14. The lowest BCUT2D eigenvalue weighted by atomic mass is 10.1. The maximum absolute atomic E-state index is 10.8. The van der Waals surface area contributed by atoms with Crippen LogP contribution in [0.4, 0.5) is 0 Å². The summed E-state index contributed by atoms with van der Waals surface area (Å²) in [5.41, 5.74) is 1.23. The van der Waals surface area contributed by atoms with E-state index in [9.17, 15) is 4.79 Å². The van der Waals surface area contributed by atoms with Gasteiger partial charge in [-0.25, -0.2) is 0 Å². The highest BCUT2D eigenvalue weighted by molar-refractivity contribution is 8.00. The number of carboxylic acid groups (broad SMARTS) is 1. The van der Waals surface area contributed by atoms with Gasteiger partial charge in [-0.05, 0) is 44.5 Å². The first kappa shape index (κ1) is 15.1. The van der Waals surface area contributed by atoms with Crippen molar-refractivity contribution in [1.29, 1.82) is 0 Å². The smallest absolute Gasteiger partial charge is 0.316 e. The van der Waals surface area contributed by atoms with Gasteiger partial charge in [-0.1, -0.05) is 19.1 Å². The van der Waals surface area contributed by atoms with Gasteiger partial charge >= 0.3 is 5.97 Å². The molecule has 0 aliphatic carbocycles. The van der Waals surface area contributed by atoms with Crippen molar-refractivity contribution in [2.24, 2.45) is 0 Å². The lowest BCUT2D eigenvalue weighted by molar-refractivity contribution is -0.136. The molecule has 18 heavy (non-hydrogen) atoms. The fourth-order valence-corrected chi connectivity index (χ4v) is 2.37. The number of thioether (sulfide) groups is 1. The molecule has 0 saturated heterocycles. The molecule has 0 heterocycles. The SMILES string of the molecule is CCCNC(C)c1ccc(SC(C)C(=O)O)cc1. The second-order valence-corrected chi connectivity index (χ2v) is 5.76. The molecule has 1 aromatic carbocycles. The number of hydrogen-bond acceptors (Lipinski definition) is 3. The van der Waals surface area contributed by atoms with Crippen molar-refractivity contribution in [2.45, 2.75) is 43.4 Å². The van der Waals surface area contributed by atoms with Crippen LogP contribution >= 0.6 is 11.8 Å². The highest BCUT2D eigenvalue weighted by atomic mass is 32.2. The fourth-order valence-electron chi connectivity index (χ4n) is 1.57. The molecule has 4 heteroatoms. The second-order valence-electron chi connectivity index (χ2n) is 4.34. The van der Waals surface area contributed by atoms with Crippen molar-refractivity contribution in [1.82, 2.24) is 5.32 Å². The largest absolute Gasteiger partial charge is 0.480 e. The number of hydrogen-bond donors (Lipinski definition) is 2. The highest BCUT2D eigenvalue weighted by Gasteiger charge is 2.12. The molecule has 3 nitrogen and oxygen atoms in total. The van der Waals surface area contributed by atoms with E-state index in [1.165, 1.54) is 17.3 Å². The first-order valence-corrected chi connectivity index (χ1v) is 7.15. The van der Waals surface area contributed by atoms with Gasteiger partial charge in [0, 0.05) is 10.9 Å². The van der Waals surface area contributed by atoms with Gasteiger partial charge in [-0.3, -0.25) is 4.79 Å². The first-order valence-electron chi connectivity index (χ1n) is 6.27. The zero-order valence-electron chi connectivity index (χ0n) is 11.1. The molecule has 0 amide bonds. The van der Waals surface area contributed by atoms with Crippen molar-refractivity contribution >= 4 is 17.7 Å². The van der Waals surface area contributed by atoms with Crippen LogP contribution in [-0.2, 0) is 4.79 Å². The van der Waals surface area contributed by atoms with Crippen LogP contribution < -0.4 is 5.32 Å². The van der Waals surface area contributed by atoms with Gasteiger partial charge in [-0.15, -0.1) is 11.8 Å². The van der Waals surface area contributed by atoms with E-state index in [-0.39, 0.29) is 0 Å². The van der Waals surface area contributed by atoms with Crippen LogP contribution in [0, 0.1) is 0 Å². The zero-order chi connectivity index (χ0) is 13.5. The van der Waals surface area contributed by atoms with Gasteiger partial charge in [0.2, 0.25) is 0 Å². The molecule has 2 unspecified atom stereocenters. The normalized spacial score (nSPS) is 14.2. The lowest BCUT2D eigenvalue weighted by Crippen LogP contribution is -2.19. The summed E-state index contributed by atoms with van der Waals surface area (Å²) in [6.45, 7) is 6.99. The molecule has 1 aromatic rings. The third-order valence-corrected chi connectivity index (χ3v) is 3.84. The van der Waals surface area contributed by atoms with E-state index in [4.69, 9.17) is 5.11 Å². The van der Waals surface area contributed by atoms with E-state index in [0.717, 1.165) is 17.9 Å². The molecule has 2 N–H and O–H groups in total. The predicted octanol–water partition coefficient (Wildman–Crippen LogP) is 3.31. The minimum Gasteiger partial charge on any atom is -0.480 e. The molecule has 0 spiro atoms. The van der Waals surface area contributed by atoms with Gasteiger partial charge in [-0.2, -0.15) is 0 Å². The number of nitrogens with one attached hydrogen (secondary N) is 1. The van der Waals surface area contributed by atoms with Gasteiger partial charge in [0.25, 0.3) is 0 Å². The standard InChI is InChI=1S/C14H21NO2S/c1-4-9-15-10(2)12-5-7-13(8-6-12)18-11(3)14(16)17/h5-8,10-11,15H,4,9H2,1-3H3,(H,16,17). The van der Waals surface area contributed by atoms with Crippen LogP contribution in [0.5, 0.6) is 0 Å². The Morgan fingerprint density at radius 3 is 2.44 bits per heavy atom. The Hall–Kier alpha value is -1.00. The molecule has 2 atom stereocenters. The van der Waals surface area contributed by atoms with Gasteiger partial charge in [0.05, 0.1) is 0 Å². The number of rotatable bonds is 7. The molecule has 0 aromatic heterocycles. The van der Waals surface area contributed by atoms with E-state index in [1.807, 2.05) is 12.1 Å². The average Bonchev–Trinajstić information content (AvgIpc) is 2.36. The average molecular weight is 267 g/mol. The summed E-state index contributed by atoms with van der Waals surface area (Å²) >= 11 is 1.37. The maximum atomic E-state index is 10.8. The molecule has 0 radical (unpaired) electrons. The Morgan fingerprint density at radius 2 is 1.94 bits per heavy atom. The van der Waals surface area contributed by atoms with Gasteiger partial charge in [0.15, 0.2) is 0 Å². The topological polar surface area (TPSA) is 49.3 Å². The molecule has 0 saturated carbocycles. The van der Waals surface area contributed by atoms with Crippen LogP contribution in [0.25, 0.3) is 0 Å². The Balaban J connectivity index is 2.59. The third kappa shape index (κ3) is 4.70. The number of carboxylic acids is 1. The summed E-state index contributed by atoms with van der Waals surface area (Å²) in [5.74, 6) is -0.776. The van der Waals surface area contributed by atoms with Gasteiger partial charge in [0.1, 0.15) is 5.25 Å². The van der Waals surface area contributed by atoms with Crippen LogP contribution in [0.3, 0.4) is 0 Å². The molecule has 0 bridgehead atoms. The summed E-state index contributed by atoms with van der Waals surface area (Å²) in [6, 6.07) is 8.43. The third-order valence-electron chi connectivity index (χ3n) is 2.74. The van der Waals surface area contributed by atoms with Crippen molar-refractivity contribution in [3.05, 3.63) is 29.8 Å². The molecular weight excluding hydrogens is 246 g/mol. The van der Waals surface area contributed by atoms with Gasteiger partial charge < -0.3 is 10.4 Å². The van der Waals surface area contributed by atoms with E-state index in [2.05, 4.69) is 31.3 Å². The quantitative estimate of drug-likeness (QED) is 0.744. The maximum Gasteiger partial charge on any atom is 0.316 e. The van der Waals surface area contributed by atoms with E-state index < -0.39 is 11.2 Å². The van der Waals surface area contributed by atoms with Crippen LogP contribution in [0.15, 0.2) is 29.2 Å². The molecular formula is C14H21NO2S. The van der Waals surface area contributed by atoms with E-state index in [0.29, 0.717) is 6.04 Å². The first-order chi connectivity index (χ1) is 8.54. The predicted molar refractivity (Wildman–Crippen MR) is 76.1 cm³/mol. The Morgan fingerprint density at radius 1 is 1.33 bits per heavy atom. The summed E-state index contributed by atoms with van der Waals surface area (Å²) in [4.78, 5) is 11.8. The Labute approximate surface area is 113 Å². The van der Waals surface area contributed by atoms with Crippen LogP contribution in [-0.4, -0.2) is 22.9 Å². The van der Waals surface area contributed by atoms with Crippen molar-refractivity contribution in [3.63, 3.8) is 0 Å². The fraction of sp³-hybridized carbons (Fsp3) is 0.500. The van der Waals surface area contributed by atoms with Crippen molar-refractivity contribution in [3.8, 4) is 0 Å². The molecule has 0 aliphatic heterocycles. The van der Waals surface area contributed by atoms with E-state index >= 15 is 0 Å². The van der Waals surface area contributed by atoms with Crippen molar-refractivity contribution in [2.75, 3.05) is 6.54 Å². The Bertz CT molecular complexity index is 378. The highest BCUT2D eigenvalue weighted by Crippen LogP contribution is 2.25. The van der Waals surface area contributed by atoms with Crippen LogP contribution in [0.2, 0.25) is 0 Å². The monoisotopic (exact) mass is 267 g/mol. The zero-order valence-corrected chi connectivity index (χ0v) is 12.0. The number of benzene rings is 1. The van der Waals surface area contributed by atoms with Crippen molar-refractivity contribution < 1.29 is 9.90 Å². The van der Waals surface area contributed by atoms with Crippen LogP contribution in [0.1, 0.15) is 38.8 Å². The Kier molecular flexibility index (Phi) is 6.22. The van der Waals surface area contributed by atoms with E-state index in [1.54, 1.807) is 6.92 Å². The summed E-state index contributed by atoms with van der Waals surface area (Å²) < 4.78 is 0. The molecule has 0 fully saturated rings. The molecule has 1 rings (SSSR count). The minimum absolute atomic E-state index is 0.334. The summed E-state index contributed by atoms with van der Waals surface area (Å²) in [7, 11) is 0. The molecule has 100 valence electrons. The summed E-state index contributed by atoms with van der Waals surface area (Å²) in [6.07, 6.45) is 1.12.